The molecule has 1 fully saturated rings. The Balaban J connectivity index is 1.28. The molecule has 0 spiro atoms. The van der Waals surface area contributed by atoms with Crippen molar-refractivity contribution in [2.24, 2.45) is 5.92 Å². The van der Waals surface area contributed by atoms with E-state index in [1.807, 2.05) is 41.7 Å². The molecule has 0 aliphatic carbocycles. The lowest BCUT2D eigenvalue weighted by Crippen LogP contribution is -2.44. The van der Waals surface area contributed by atoms with E-state index in [4.69, 9.17) is 9.72 Å². The Labute approximate surface area is 188 Å². The first-order valence-corrected chi connectivity index (χ1v) is 11.3. The fourth-order valence-electron chi connectivity index (χ4n) is 4.55. The Morgan fingerprint density at radius 3 is 2.84 bits per heavy atom. The van der Waals surface area contributed by atoms with Crippen molar-refractivity contribution in [2.75, 3.05) is 25.0 Å². The molecule has 1 atom stereocenters. The first-order valence-electron chi connectivity index (χ1n) is 11.3. The topological polar surface area (TPSA) is 71.8 Å². The van der Waals surface area contributed by atoms with Gasteiger partial charge in [-0.3, -0.25) is 4.79 Å². The molecule has 1 aromatic carbocycles. The van der Waals surface area contributed by atoms with E-state index in [-0.39, 0.29) is 12.0 Å². The summed E-state index contributed by atoms with van der Waals surface area (Å²) in [6, 6.07) is 10.4. The Morgan fingerprint density at radius 2 is 2.09 bits per heavy atom. The third-order valence-corrected chi connectivity index (χ3v) is 6.53. The number of carbonyl (C=O) groups excluding carboxylic acids is 1. The number of aromatic nitrogens is 3. The molecule has 2 aliphatic rings. The minimum Gasteiger partial charge on any atom is -0.488 e. The van der Waals surface area contributed by atoms with E-state index < -0.39 is 0 Å². The zero-order chi connectivity index (χ0) is 22.1. The quantitative estimate of drug-likeness (QED) is 0.628. The van der Waals surface area contributed by atoms with E-state index in [0.29, 0.717) is 12.3 Å². The maximum absolute atomic E-state index is 12.6. The fraction of sp³-hybridized carbons (Fsp3) is 0.375. The predicted molar refractivity (Wildman–Crippen MR) is 128 cm³/mol. The second kappa shape index (κ2) is 8.69. The molecular formula is C24H28BN5O2. The molecule has 2 aliphatic heterocycles. The van der Waals surface area contributed by atoms with Gasteiger partial charge in [-0.15, -0.1) is 0 Å². The van der Waals surface area contributed by atoms with Crippen LogP contribution in [0.15, 0.2) is 48.9 Å². The van der Waals surface area contributed by atoms with Crippen molar-refractivity contribution >= 4 is 30.7 Å². The van der Waals surface area contributed by atoms with Gasteiger partial charge in [0.2, 0.25) is 0 Å². The molecule has 2 aromatic heterocycles. The summed E-state index contributed by atoms with van der Waals surface area (Å²) in [5.41, 5.74) is 5.21. The predicted octanol–water partition coefficient (Wildman–Crippen LogP) is 1.92. The van der Waals surface area contributed by atoms with Crippen LogP contribution >= 0.6 is 0 Å². The van der Waals surface area contributed by atoms with Crippen LogP contribution in [0.3, 0.4) is 0 Å². The van der Waals surface area contributed by atoms with Crippen LogP contribution < -0.4 is 10.8 Å². The van der Waals surface area contributed by atoms with Crippen molar-refractivity contribution in [3.8, 4) is 11.3 Å². The number of carbonyl (C=O) groups is 1. The number of hydrogen-bond donors (Lipinski definition) is 1. The van der Waals surface area contributed by atoms with Gasteiger partial charge < -0.3 is 15.0 Å². The number of ether oxygens (including phenoxy) is 1. The van der Waals surface area contributed by atoms with Crippen LogP contribution in [0.25, 0.3) is 16.9 Å². The molecule has 1 N–H and O–H groups in total. The van der Waals surface area contributed by atoms with E-state index in [2.05, 4.69) is 35.5 Å². The van der Waals surface area contributed by atoms with Crippen LogP contribution in [0.5, 0.6) is 0 Å². The lowest BCUT2D eigenvalue weighted by atomic mass is 9.96. The monoisotopic (exact) mass is 429 g/mol. The van der Waals surface area contributed by atoms with Crippen molar-refractivity contribution in [3.05, 3.63) is 54.4 Å². The van der Waals surface area contributed by atoms with Gasteiger partial charge in [0.15, 0.2) is 11.8 Å². The van der Waals surface area contributed by atoms with Crippen molar-refractivity contribution in [1.82, 2.24) is 19.5 Å². The summed E-state index contributed by atoms with van der Waals surface area (Å²) in [5.74, 6) is 1.57. The second-order valence-corrected chi connectivity index (χ2v) is 8.79. The number of benzene rings is 1. The van der Waals surface area contributed by atoms with E-state index in [1.165, 1.54) is 5.56 Å². The van der Waals surface area contributed by atoms with E-state index >= 15 is 0 Å². The molecule has 3 aromatic rings. The van der Waals surface area contributed by atoms with E-state index in [9.17, 15) is 4.79 Å². The molecule has 0 radical (unpaired) electrons. The number of anilines is 1. The molecule has 1 amide bonds. The SMILES string of the molecule is Bc1cnn2c(NCC3CCN(C(=O)C4CC=CO4)CC3)cc(-c3ccccc3C)nc12. The summed E-state index contributed by atoms with van der Waals surface area (Å²) >= 11 is 0. The number of likely N-dealkylation sites (tertiary alicyclic amines) is 1. The van der Waals surface area contributed by atoms with Crippen LogP contribution in [0.4, 0.5) is 5.82 Å². The zero-order valence-electron chi connectivity index (χ0n) is 18.6. The van der Waals surface area contributed by atoms with Crippen molar-refractivity contribution in [2.45, 2.75) is 32.3 Å². The Hall–Kier alpha value is -3.29. The zero-order valence-corrected chi connectivity index (χ0v) is 18.6. The standard InChI is InChI=1S/C24H28BN5O2/c1-16-5-2-3-6-18(16)20-13-22(30-23(28-20)19(25)15-27-30)26-14-17-8-10-29(11-9-17)24(31)21-7-4-12-32-21/h2-6,12-13,15,17,21,26H,7-11,14,25H2,1H3. The number of piperidine rings is 1. The summed E-state index contributed by atoms with van der Waals surface area (Å²) in [4.78, 5) is 19.4. The van der Waals surface area contributed by atoms with Crippen LogP contribution in [0.1, 0.15) is 24.8 Å². The number of rotatable bonds is 5. The van der Waals surface area contributed by atoms with Crippen molar-refractivity contribution in [3.63, 3.8) is 0 Å². The van der Waals surface area contributed by atoms with Crippen LogP contribution in [0.2, 0.25) is 0 Å². The van der Waals surface area contributed by atoms with Crippen LogP contribution in [-0.2, 0) is 9.53 Å². The summed E-state index contributed by atoms with van der Waals surface area (Å²) in [5, 5.41) is 8.16. The number of nitrogens with zero attached hydrogens (tertiary/aromatic N) is 4. The van der Waals surface area contributed by atoms with Gasteiger partial charge in [-0.25, -0.2) is 4.98 Å². The molecule has 0 saturated carbocycles. The smallest absolute Gasteiger partial charge is 0.263 e. The molecule has 32 heavy (non-hydrogen) atoms. The summed E-state index contributed by atoms with van der Waals surface area (Å²) < 4.78 is 7.29. The Kier molecular flexibility index (Phi) is 5.60. The van der Waals surface area contributed by atoms with E-state index in [0.717, 1.165) is 60.7 Å². The number of aryl methyl sites for hydroxylation is 1. The van der Waals surface area contributed by atoms with Crippen molar-refractivity contribution in [1.29, 1.82) is 0 Å². The van der Waals surface area contributed by atoms with Gasteiger partial charge in [-0.05, 0) is 42.8 Å². The minimum atomic E-state index is -0.322. The number of hydrogen-bond acceptors (Lipinski definition) is 5. The van der Waals surface area contributed by atoms with Gasteiger partial charge in [0, 0.05) is 43.9 Å². The van der Waals surface area contributed by atoms with Gasteiger partial charge >= 0.3 is 0 Å². The fourth-order valence-corrected chi connectivity index (χ4v) is 4.55. The third-order valence-electron chi connectivity index (χ3n) is 6.53. The maximum Gasteiger partial charge on any atom is 0.263 e. The molecule has 8 heteroatoms. The number of fused-ring (bicyclic) bond motifs is 1. The first kappa shape index (κ1) is 20.6. The molecule has 1 saturated heterocycles. The summed E-state index contributed by atoms with van der Waals surface area (Å²) in [7, 11) is 2.04. The van der Waals surface area contributed by atoms with Gasteiger partial charge in [0.25, 0.3) is 5.91 Å². The normalized spacial score (nSPS) is 18.8. The van der Waals surface area contributed by atoms with Gasteiger partial charge in [-0.2, -0.15) is 9.61 Å². The molecule has 4 heterocycles. The highest BCUT2D eigenvalue weighted by Crippen LogP contribution is 2.26. The van der Waals surface area contributed by atoms with Crippen LogP contribution in [-0.4, -0.2) is 59.0 Å². The van der Waals surface area contributed by atoms with Gasteiger partial charge in [-0.1, -0.05) is 24.3 Å². The largest absolute Gasteiger partial charge is 0.488 e. The molecule has 0 bridgehead atoms. The summed E-state index contributed by atoms with van der Waals surface area (Å²) in [6.45, 7) is 4.52. The molecule has 7 nitrogen and oxygen atoms in total. The highest BCUT2D eigenvalue weighted by molar-refractivity contribution is 6.36. The second-order valence-electron chi connectivity index (χ2n) is 8.79. The average Bonchev–Trinajstić information content (AvgIpc) is 3.48. The lowest BCUT2D eigenvalue weighted by molar-refractivity contribution is -0.140. The van der Waals surface area contributed by atoms with Gasteiger partial charge in [0.05, 0.1) is 12.0 Å². The Bertz CT molecular complexity index is 1160. The molecule has 1 unspecified atom stereocenters. The highest BCUT2D eigenvalue weighted by Gasteiger charge is 2.29. The van der Waals surface area contributed by atoms with Crippen LogP contribution in [0, 0.1) is 12.8 Å². The Morgan fingerprint density at radius 1 is 1.28 bits per heavy atom. The third kappa shape index (κ3) is 3.97. The highest BCUT2D eigenvalue weighted by atomic mass is 16.5. The first-order chi connectivity index (χ1) is 15.6. The van der Waals surface area contributed by atoms with Crippen molar-refractivity contribution < 1.29 is 9.53 Å². The average molecular weight is 429 g/mol. The summed E-state index contributed by atoms with van der Waals surface area (Å²) in [6.07, 6.45) is 7.74. The maximum atomic E-state index is 12.6. The minimum absolute atomic E-state index is 0.118. The van der Waals surface area contributed by atoms with Gasteiger partial charge in [0.1, 0.15) is 13.7 Å². The van der Waals surface area contributed by atoms with E-state index in [1.54, 1.807) is 6.26 Å². The lowest BCUT2D eigenvalue weighted by Gasteiger charge is -2.33. The number of nitrogens with one attached hydrogen (secondary N) is 1. The molecular weight excluding hydrogens is 401 g/mol. The number of amides is 1. The molecule has 5 rings (SSSR count). The molecule has 164 valence electrons.